The van der Waals surface area contributed by atoms with E-state index in [0.717, 1.165) is 29.7 Å². The Kier molecular flexibility index (Phi) is 5.73. The Labute approximate surface area is 182 Å². The SMILES string of the molecule is CN1CCn2nc3ccccc3c2C1=O.[N-]=[N+]=NCCn1nc2ccccc2c1C(=O)O. The van der Waals surface area contributed by atoms with E-state index >= 15 is 0 Å². The van der Waals surface area contributed by atoms with Gasteiger partial charge in [0.1, 0.15) is 5.69 Å². The Balaban J connectivity index is 0.000000154. The number of aromatic nitrogens is 4. The fraction of sp³-hybridized carbons (Fsp3) is 0.238. The fourth-order valence-corrected chi connectivity index (χ4v) is 3.65. The molecule has 0 saturated carbocycles. The summed E-state index contributed by atoms with van der Waals surface area (Å²) >= 11 is 0. The van der Waals surface area contributed by atoms with Crippen LogP contribution in [0.4, 0.5) is 0 Å². The fourth-order valence-electron chi connectivity index (χ4n) is 3.65. The number of hydrogen-bond donors (Lipinski definition) is 1. The zero-order valence-corrected chi connectivity index (χ0v) is 17.3. The van der Waals surface area contributed by atoms with Gasteiger partial charge in [-0.15, -0.1) is 0 Å². The van der Waals surface area contributed by atoms with Gasteiger partial charge in [-0.1, -0.05) is 41.5 Å². The molecule has 2 aromatic carbocycles. The normalized spacial score (nSPS) is 12.8. The summed E-state index contributed by atoms with van der Waals surface area (Å²) in [4.78, 5) is 27.5. The molecule has 0 aliphatic carbocycles. The van der Waals surface area contributed by atoms with Crippen molar-refractivity contribution in [2.24, 2.45) is 5.11 Å². The molecule has 0 radical (unpaired) electrons. The van der Waals surface area contributed by atoms with Crippen molar-refractivity contribution in [2.75, 3.05) is 20.1 Å². The van der Waals surface area contributed by atoms with E-state index in [0.29, 0.717) is 10.9 Å². The number of amides is 1. The van der Waals surface area contributed by atoms with Crippen molar-refractivity contribution in [3.63, 3.8) is 0 Å². The highest BCUT2D eigenvalue weighted by atomic mass is 16.4. The Morgan fingerprint density at radius 2 is 1.75 bits per heavy atom. The van der Waals surface area contributed by atoms with Gasteiger partial charge in [-0.05, 0) is 17.7 Å². The number of rotatable bonds is 4. The Hall–Kier alpha value is -4.37. The van der Waals surface area contributed by atoms with E-state index in [2.05, 4.69) is 20.2 Å². The molecule has 0 unspecified atom stereocenters. The average Bonchev–Trinajstić information content (AvgIpc) is 3.35. The average molecular weight is 432 g/mol. The van der Waals surface area contributed by atoms with Crippen LogP contribution in [0.1, 0.15) is 21.0 Å². The highest BCUT2D eigenvalue weighted by Crippen LogP contribution is 2.22. The number of benzene rings is 2. The van der Waals surface area contributed by atoms with Gasteiger partial charge in [-0.2, -0.15) is 10.2 Å². The van der Waals surface area contributed by atoms with E-state index in [1.807, 2.05) is 36.0 Å². The summed E-state index contributed by atoms with van der Waals surface area (Å²) in [6, 6.07) is 14.8. The first-order valence-electron chi connectivity index (χ1n) is 9.92. The number of carbonyl (C=O) groups excluding carboxylic acids is 1. The van der Waals surface area contributed by atoms with Crippen molar-refractivity contribution in [3.05, 3.63) is 70.4 Å². The number of azide groups is 1. The summed E-state index contributed by atoms with van der Waals surface area (Å²) in [5.41, 5.74) is 10.5. The van der Waals surface area contributed by atoms with Crippen LogP contribution < -0.4 is 0 Å². The van der Waals surface area contributed by atoms with Gasteiger partial charge in [0.2, 0.25) is 0 Å². The quantitative estimate of drug-likeness (QED) is 0.299. The molecule has 11 nitrogen and oxygen atoms in total. The lowest BCUT2D eigenvalue weighted by Crippen LogP contribution is -2.37. The lowest BCUT2D eigenvalue weighted by atomic mass is 10.2. The molecule has 0 bridgehead atoms. The molecule has 0 atom stereocenters. The van der Waals surface area contributed by atoms with E-state index < -0.39 is 5.97 Å². The number of carbonyl (C=O) groups is 2. The monoisotopic (exact) mass is 432 g/mol. The van der Waals surface area contributed by atoms with Crippen molar-refractivity contribution >= 4 is 33.7 Å². The van der Waals surface area contributed by atoms with Gasteiger partial charge in [0.05, 0.1) is 17.6 Å². The van der Waals surface area contributed by atoms with Crippen molar-refractivity contribution in [3.8, 4) is 0 Å². The molecule has 3 heterocycles. The molecule has 162 valence electrons. The first kappa shape index (κ1) is 20.9. The van der Waals surface area contributed by atoms with Gasteiger partial charge in [0.15, 0.2) is 5.69 Å². The van der Waals surface area contributed by atoms with Crippen LogP contribution in [-0.2, 0) is 13.1 Å². The van der Waals surface area contributed by atoms with Gasteiger partial charge >= 0.3 is 5.97 Å². The number of aromatic carboxylic acids is 1. The third-order valence-electron chi connectivity index (χ3n) is 5.17. The number of likely N-dealkylation sites (N-methyl/N-ethyl adjacent to an activating group) is 1. The van der Waals surface area contributed by atoms with Gasteiger partial charge < -0.3 is 10.0 Å². The molecule has 1 N–H and O–H groups in total. The first-order chi connectivity index (χ1) is 15.5. The number of nitrogens with zero attached hydrogens (tertiary/aromatic N) is 8. The summed E-state index contributed by atoms with van der Waals surface area (Å²) in [6.45, 7) is 1.94. The van der Waals surface area contributed by atoms with Crippen molar-refractivity contribution in [1.29, 1.82) is 0 Å². The molecule has 0 saturated heterocycles. The van der Waals surface area contributed by atoms with Gasteiger partial charge in [-0.3, -0.25) is 14.2 Å². The summed E-state index contributed by atoms with van der Waals surface area (Å²) in [7, 11) is 1.83. The zero-order chi connectivity index (χ0) is 22.7. The largest absolute Gasteiger partial charge is 0.477 e. The van der Waals surface area contributed by atoms with Crippen LogP contribution in [0, 0.1) is 0 Å². The number of hydrogen-bond acceptors (Lipinski definition) is 5. The molecule has 0 fully saturated rings. The molecule has 5 rings (SSSR count). The molecule has 1 aliphatic heterocycles. The van der Waals surface area contributed by atoms with Gasteiger partial charge in [0, 0.05) is 42.4 Å². The Bertz CT molecular complexity index is 1370. The van der Waals surface area contributed by atoms with Gasteiger partial charge in [-0.25, -0.2) is 4.79 Å². The highest BCUT2D eigenvalue weighted by molar-refractivity contribution is 6.05. The summed E-state index contributed by atoms with van der Waals surface area (Å²) in [5.74, 6) is -0.977. The summed E-state index contributed by atoms with van der Waals surface area (Å²) < 4.78 is 3.16. The molecule has 0 spiro atoms. The minimum atomic E-state index is -1.04. The maximum absolute atomic E-state index is 12.0. The first-order valence-corrected chi connectivity index (χ1v) is 9.92. The van der Waals surface area contributed by atoms with Crippen LogP contribution in [0.5, 0.6) is 0 Å². The zero-order valence-electron chi connectivity index (χ0n) is 17.3. The van der Waals surface area contributed by atoms with Crippen molar-refractivity contribution in [1.82, 2.24) is 24.5 Å². The third kappa shape index (κ3) is 3.84. The Morgan fingerprint density at radius 1 is 1.09 bits per heavy atom. The van der Waals surface area contributed by atoms with Crippen LogP contribution >= 0.6 is 0 Å². The second-order valence-corrected chi connectivity index (χ2v) is 7.16. The van der Waals surface area contributed by atoms with E-state index in [1.165, 1.54) is 4.68 Å². The van der Waals surface area contributed by atoms with E-state index in [4.69, 9.17) is 10.6 Å². The maximum Gasteiger partial charge on any atom is 0.354 e. The van der Waals surface area contributed by atoms with Crippen LogP contribution in [0.2, 0.25) is 0 Å². The van der Waals surface area contributed by atoms with Crippen molar-refractivity contribution in [2.45, 2.75) is 13.1 Å². The standard InChI is InChI=1S/C11H11N3O.C10H9N5O2/c1-13-6-7-14-10(11(13)15)8-4-2-3-5-9(8)12-14;11-14-12-5-6-15-9(10(16)17)7-3-1-2-4-8(7)13-15/h2-5H,6-7H2,1H3;1-4H,5-6H2,(H,16,17). The minimum absolute atomic E-state index is 0.0648. The number of fused-ring (bicyclic) bond motifs is 4. The van der Waals surface area contributed by atoms with Gasteiger partial charge in [0.25, 0.3) is 5.91 Å². The molecule has 4 aromatic rings. The molecule has 2 aromatic heterocycles. The lowest BCUT2D eigenvalue weighted by Gasteiger charge is -2.23. The number of carboxylic acid groups (broad SMARTS) is 1. The highest BCUT2D eigenvalue weighted by Gasteiger charge is 2.25. The van der Waals surface area contributed by atoms with E-state index in [9.17, 15) is 9.59 Å². The molecule has 32 heavy (non-hydrogen) atoms. The van der Waals surface area contributed by atoms with Crippen LogP contribution in [-0.4, -0.2) is 61.6 Å². The summed E-state index contributed by atoms with van der Waals surface area (Å²) in [6.07, 6.45) is 0. The maximum atomic E-state index is 12.0. The third-order valence-corrected chi connectivity index (χ3v) is 5.17. The predicted molar refractivity (Wildman–Crippen MR) is 117 cm³/mol. The van der Waals surface area contributed by atoms with Crippen molar-refractivity contribution < 1.29 is 14.7 Å². The predicted octanol–water partition coefficient (Wildman–Crippen LogP) is 3.17. The minimum Gasteiger partial charge on any atom is -0.477 e. The number of carboxylic acids is 1. The second-order valence-electron chi connectivity index (χ2n) is 7.16. The lowest BCUT2D eigenvalue weighted by molar-refractivity contribution is 0.0684. The molecular weight excluding hydrogens is 412 g/mol. The summed E-state index contributed by atoms with van der Waals surface area (Å²) in [5, 5.41) is 22.6. The second kappa shape index (κ2) is 8.78. The van der Waals surface area contributed by atoms with E-state index in [1.54, 1.807) is 29.2 Å². The van der Waals surface area contributed by atoms with Crippen LogP contribution in [0.25, 0.3) is 32.2 Å². The molecule has 1 aliphatic rings. The van der Waals surface area contributed by atoms with Crippen LogP contribution in [0.3, 0.4) is 0 Å². The molecule has 11 heteroatoms. The van der Waals surface area contributed by atoms with E-state index in [-0.39, 0.29) is 24.7 Å². The molecule has 1 amide bonds. The molecular formula is C21H20N8O3. The topological polar surface area (TPSA) is 142 Å². The smallest absolute Gasteiger partial charge is 0.354 e. The Morgan fingerprint density at radius 3 is 2.44 bits per heavy atom. The van der Waals surface area contributed by atoms with Crippen LogP contribution in [0.15, 0.2) is 53.6 Å².